The predicted molar refractivity (Wildman–Crippen MR) is 125 cm³/mol. The molecule has 0 spiro atoms. The zero-order valence-corrected chi connectivity index (χ0v) is 19.1. The molecule has 2 rings (SSSR count). The van der Waals surface area contributed by atoms with E-state index in [1.165, 1.54) is 0 Å². The second-order valence-electron chi connectivity index (χ2n) is 5.79. The second-order valence-corrected chi connectivity index (χ2v) is 6.20. The van der Waals surface area contributed by atoms with Crippen LogP contribution >= 0.6 is 35.6 Å². The van der Waals surface area contributed by atoms with E-state index in [1.54, 1.807) is 31.3 Å². The standard InChI is InChI=1S/C20H25ClN4O2.HI/c1-22-20(25(2)14-15-27-16-8-4-3-5-9-16)24-13-12-23-19(26)17-10-6-7-11-18(17)21;/h3-11H,12-15H2,1-2H3,(H,22,24)(H,23,26);1H. The number of rotatable bonds is 8. The molecule has 0 aromatic heterocycles. The highest BCUT2D eigenvalue weighted by Gasteiger charge is 2.09. The quantitative estimate of drug-likeness (QED) is 0.245. The number of nitrogens with zero attached hydrogens (tertiary/aromatic N) is 2. The Morgan fingerprint density at radius 3 is 2.39 bits per heavy atom. The topological polar surface area (TPSA) is 66.0 Å². The Morgan fingerprint density at radius 1 is 1.07 bits per heavy atom. The van der Waals surface area contributed by atoms with E-state index in [0.717, 1.165) is 11.7 Å². The summed E-state index contributed by atoms with van der Waals surface area (Å²) in [6.07, 6.45) is 0. The third kappa shape index (κ3) is 7.93. The number of halogens is 2. The first-order valence-corrected chi connectivity index (χ1v) is 9.12. The number of ether oxygens (including phenoxy) is 1. The van der Waals surface area contributed by atoms with Crippen molar-refractivity contribution in [2.24, 2.45) is 4.99 Å². The van der Waals surface area contributed by atoms with Crippen LogP contribution in [0.4, 0.5) is 0 Å². The number of aliphatic imine (C=N–C) groups is 1. The highest BCUT2D eigenvalue weighted by molar-refractivity contribution is 14.0. The van der Waals surface area contributed by atoms with Crippen molar-refractivity contribution in [3.05, 3.63) is 65.2 Å². The molecule has 0 saturated heterocycles. The minimum Gasteiger partial charge on any atom is -0.492 e. The van der Waals surface area contributed by atoms with Gasteiger partial charge in [0.2, 0.25) is 0 Å². The van der Waals surface area contributed by atoms with Crippen molar-refractivity contribution in [1.82, 2.24) is 15.5 Å². The molecule has 0 aliphatic rings. The molecule has 0 aliphatic heterocycles. The molecule has 0 radical (unpaired) electrons. The van der Waals surface area contributed by atoms with E-state index in [2.05, 4.69) is 15.6 Å². The van der Waals surface area contributed by atoms with Gasteiger partial charge in [0, 0.05) is 27.2 Å². The van der Waals surface area contributed by atoms with Crippen molar-refractivity contribution in [2.45, 2.75) is 0 Å². The molecule has 0 atom stereocenters. The molecule has 0 heterocycles. The van der Waals surface area contributed by atoms with E-state index in [4.69, 9.17) is 16.3 Å². The summed E-state index contributed by atoms with van der Waals surface area (Å²) in [6.45, 7) is 2.23. The van der Waals surface area contributed by atoms with Gasteiger partial charge in [-0.15, -0.1) is 24.0 Å². The van der Waals surface area contributed by atoms with Gasteiger partial charge in [-0.2, -0.15) is 0 Å². The van der Waals surface area contributed by atoms with Crippen molar-refractivity contribution >= 4 is 47.4 Å². The third-order valence-electron chi connectivity index (χ3n) is 3.82. The van der Waals surface area contributed by atoms with Crippen LogP contribution < -0.4 is 15.4 Å². The lowest BCUT2D eigenvalue weighted by atomic mass is 10.2. The number of hydrogen-bond acceptors (Lipinski definition) is 3. The Labute approximate surface area is 188 Å². The maximum absolute atomic E-state index is 12.1. The summed E-state index contributed by atoms with van der Waals surface area (Å²) in [4.78, 5) is 18.3. The van der Waals surface area contributed by atoms with E-state index in [1.807, 2.05) is 42.3 Å². The number of carbonyl (C=O) groups is 1. The van der Waals surface area contributed by atoms with Gasteiger partial charge in [0.25, 0.3) is 5.91 Å². The van der Waals surface area contributed by atoms with Crippen molar-refractivity contribution in [1.29, 1.82) is 0 Å². The van der Waals surface area contributed by atoms with Crippen LogP contribution in [0, 0.1) is 0 Å². The molecule has 0 saturated carbocycles. The monoisotopic (exact) mass is 516 g/mol. The predicted octanol–water partition coefficient (Wildman–Crippen LogP) is 3.27. The summed E-state index contributed by atoms with van der Waals surface area (Å²) >= 11 is 6.03. The Morgan fingerprint density at radius 2 is 1.71 bits per heavy atom. The second kappa shape index (κ2) is 13.2. The van der Waals surface area contributed by atoms with Crippen molar-refractivity contribution in [3.8, 4) is 5.75 Å². The van der Waals surface area contributed by atoms with Gasteiger partial charge >= 0.3 is 0 Å². The zero-order valence-electron chi connectivity index (χ0n) is 16.0. The molecule has 0 bridgehead atoms. The summed E-state index contributed by atoms with van der Waals surface area (Å²) in [6, 6.07) is 16.7. The number of nitrogens with one attached hydrogen (secondary N) is 2. The largest absolute Gasteiger partial charge is 0.492 e. The number of carbonyl (C=O) groups excluding carboxylic acids is 1. The Bertz CT molecular complexity index is 759. The maximum atomic E-state index is 12.1. The van der Waals surface area contributed by atoms with Crippen LogP contribution in [0.25, 0.3) is 0 Å². The lowest BCUT2D eigenvalue weighted by Crippen LogP contribution is -2.43. The fourth-order valence-electron chi connectivity index (χ4n) is 2.40. The van der Waals surface area contributed by atoms with Gasteiger partial charge in [0.15, 0.2) is 5.96 Å². The van der Waals surface area contributed by atoms with E-state index >= 15 is 0 Å². The van der Waals surface area contributed by atoms with E-state index in [0.29, 0.717) is 36.8 Å². The highest BCUT2D eigenvalue weighted by Crippen LogP contribution is 2.14. The van der Waals surface area contributed by atoms with Crippen molar-refractivity contribution in [2.75, 3.05) is 40.3 Å². The van der Waals surface area contributed by atoms with Gasteiger partial charge in [-0.05, 0) is 24.3 Å². The van der Waals surface area contributed by atoms with Gasteiger partial charge in [0.05, 0.1) is 17.1 Å². The number of hydrogen-bond donors (Lipinski definition) is 2. The van der Waals surface area contributed by atoms with Gasteiger partial charge < -0.3 is 20.3 Å². The van der Waals surface area contributed by atoms with Crippen molar-refractivity contribution in [3.63, 3.8) is 0 Å². The van der Waals surface area contributed by atoms with Crippen LogP contribution in [-0.4, -0.2) is 57.1 Å². The molecule has 2 aromatic rings. The smallest absolute Gasteiger partial charge is 0.252 e. The molecular formula is C20H26ClIN4O2. The average molecular weight is 517 g/mol. The van der Waals surface area contributed by atoms with Crippen LogP contribution in [0.1, 0.15) is 10.4 Å². The summed E-state index contributed by atoms with van der Waals surface area (Å²) in [7, 11) is 3.66. The summed E-state index contributed by atoms with van der Waals surface area (Å²) in [5.41, 5.74) is 0.471. The maximum Gasteiger partial charge on any atom is 0.252 e. The third-order valence-corrected chi connectivity index (χ3v) is 4.15. The van der Waals surface area contributed by atoms with Gasteiger partial charge in [-0.25, -0.2) is 0 Å². The molecule has 2 aromatic carbocycles. The molecule has 28 heavy (non-hydrogen) atoms. The Hall–Kier alpha value is -2.00. The molecule has 0 unspecified atom stereocenters. The van der Waals surface area contributed by atoms with E-state index < -0.39 is 0 Å². The summed E-state index contributed by atoms with van der Waals surface area (Å²) in [5.74, 6) is 1.39. The average Bonchev–Trinajstić information content (AvgIpc) is 2.69. The number of likely N-dealkylation sites (N-methyl/N-ethyl adjacent to an activating group) is 1. The fourth-order valence-corrected chi connectivity index (χ4v) is 2.62. The molecular weight excluding hydrogens is 491 g/mol. The Balaban J connectivity index is 0.00000392. The Kier molecular flexibility index (Phi) is 11.4. The summed E-state index contributed by atoms with van der Waals surface area (Å²) in [5, 5.41) is 6.49. The fraction of sp³-hybridized carbons (Fsp3) is 0.300. The lowest BCUT2D eigenvalue weighted by Gasteiger charge is -2.22. The lowest BCUT2D eigenvalue weighted by molar-refractivity contribution is 0.0954. The molecule has 0 aliphatic carbocycles. The van der Waals surface area contributed by atoms with Gasteiger partial charge in [-0.3, -0.25) is 9.79 Å². The molecule has 6 nitrogen and oxygen atoms in total. The highest BCUT2D eigenvalue weighted by atomic mass is 127. The molecule has 152 valence electrons. The SMILES string of the molecule is CN=C(NCCNC(=O)c1ccccc1Cl)N(C)CCOc1ccccc1.I. The zero-order chi connectivity index (χ0) is 19.5. The molecule has 0 fully saturated rings. The first-order chi connectivity index (χ1) is 13.1. The molecule has 8 heteroatoms. The van der Waals surface area contributed by atoms with Crippen LogP contribution in [0.15, 0.2) is 59.6 Å². The number of benzene rings is 2. The minimum atomic E-state index is -0.193. The molecule has 2 N–H and O–H groups in total. The van der Waals surface area contributed by atoms with Gasteiger partial charge in [-0.1, -0.05) is 41.9 Å². The summed E-state index contributed by atoms with van der Waals surface area (Å²) < 4.78 is 5.69. The van der Waals surface area contributed by atoms with E-state index in [9.17, 15) is 4.79 Å². The van der Waals surface area contributed by atoms with Gasteiger partial charge in [0.1, 0.15) is 12.4 Å². The van der Waals surface area contributed by atoms with Crippen molar-refractivity contribution < 1.29 is 9.53 Å². The first kappa shape index (κ1) is 24.0. The van der Waals surface area contributed by atoms with Crippen LogP contribution in [-0.2, 0) is 0 Å². The van der Waals surface area contributed by atoms with Crippen LogP contribution in [0.3, 0.4) is 0 Å². The number of para-hydroxylation sites is 1. The number of amides is 1. The molecule has 1 amide bonds. The normalized spacial score (nSPS) is 10.6. The van der Waals surface area contributed by atoms with E-state index in [-0.39, 0.29) is 29.9 Å². The number of guanidine groups is 1. The van der Waals surface area contributed by atoms with Crippen LogP contribution in [0.5, 0.6) is 5.75 Å². The minimum absolute atomic E-state index is 0. The first-order valence-electron chi connectivity index (χ1n) is 8.74. The van der Waals surface area contributed by atoms with Crippen LogP contribution in [0.2, 0.25) is 5.02 Å².